The molecule has 2 rings (SSSR count). The second-order valence-electron chi connectivity index (χ2n) is 5.57. The van der Waals surface area contributed by atoms with Crippen LogP contribution < -0.4 is 9.46 Å². The van der Waals surface area contributed by atoms with Gasteiger partial charge in [0.15, 0.2) is 0 Å². The fraction of sp³-hybridized carbons (Fsp3) is 0.571. The SMILES string of the molecule is COc1cc(C)c(S(=O)(=O)NCC2(CO)CC2)c(C)c1. The molecule has 20 heavy (non-hydrogen) atoms. The van der Waals surface area contributed by atoms with Gasteiger partial charge in [-0.05, 0) is 49.9 Å². The highest BCUT2D eigenvalue weighted by molar-refractivity contribution is 7.89. The molecule has 1 aliphatic carbocycles. The largest absolute Gasteiger partial charge is 0.497 e. The van der Waals surface area contributed by atoms with Crippen LogP contribution in [-0.2, 0) is 10.0 Å². The number of hydrogen-bond acceptors (Lipinski definition) is 4. The van der Waals surface area contributed by atoms with Crippen LogP contribution in [0.25, 0.3) is 0 Å². The Balaban J connectivity index is 2.25. The molecule has 2 N–H and O–H groups in total. The van der Waals surface area contributed by atoms with Gasteiger partial charge in [-0.15, -0.1) is 0 Å². The van der Waals surface area contributed by atoms with Crippen molar-refractivity contribution in [1.82, 2.24) is 4.72 Å². The van der Waals surface area contributed by atoms with Crippen LogP contribution in [0, 0.1) is 19.3 Å². The molecule has 0 bridgehead atoms. The highest BCUT2D eigenvalue weighted by Crippen LogP contribution is 2.44. The number of methoxy groups -OCH3 is 1. The molecule has 0 spiro atoms. The molecule has 0 aliphatic heterocycles. The number of hydrogen-bond donors (Lipinski definition) is 2. The maximum atomic E-state index is 12.4. The molecule has 1 aliphatic rings. The minimum atomic E-state index is -3.57. The lowest BCUT2D eigenvalue weighted by Crippen LogP contribution is -2.32. The lowest BCUT2D eigenvalue weighted by atomic mass is 10.1. The first kappa shape index (κ1) is 15.3. The van der Waals surface area contributed by atoms with Crippen molar-refractivity contribution in [2.24, 2.45) is 5.41 Å². The molecule has 0 unspecified atom stereocenters. The van der Waals surface area contributed by atoms with Crippen LogP contribution in [0.1, 0.15) is 24.0 Å². The maximum Gasteiger partial charge on any atom is 0.241 e. The summed E-state index contributed by atoms with van der Waals surface area (Å²) in [7, 11) is -2.01. The summed E-state index contributed by atoms with van der Waals surface area (Å²) in [5.41, 5.74) is 1.06. The molecule has 0 atom stereocenters. The Labute approximate surface area is 120 Å². The van der Waals surface area contributed by atoms with Crippen molar-refractivity contribution in [3.05, 3.63) is 23.3 Å². The van der Waals surface area contributed by atoms with Crippen molar-refractivity contribution in [3.8, 4) is 5.75 Å². The van der Waals surface area contributed by atoms with E-state index in [2.05, 4.69) is 4.72 Å². The summed E-state index contributed by atoms with van der Waals surface area (Å²) < 4.78 is 32.6. The van der Waals surface area contributed by atoms with E-state index in [-0.39, 0.29) is 18.6 Å². The van der Waals surface area contributed by atoms with Crippen molar-refractivity contribution in [2.75, 3.05) is 20.3 Å². The van der Waals surface area contributed by atoms with E-state index < -0.39 is 10.0 Å². The standard InChI is InChI=1S/C14H21NO4S/c1-10-6-12(19-3)7-11(2)13(10)20(17,18)15-8-14(9-16)4-5-14/h6-7,15-16H,4-5,8-9H2,1-3H3. The van der Waals surface area contributed by atoms with Gasteiger partial charge in [-0.3, -0.25) is 0 Å². The Kier molecular flexibility index (Phi) is 4.09. The van der Waals surface area contributed by atoms with Crippen LogP contribution in [0.15, 0.2) is 17.0 Å². The normalized spacial score (nSPS) is 17.0. The third-order valence-electron chi connectivity index (χ3n) is 3.87. The smallest absolute Gasteiger partial charge is 0.241 e. The van der Waals surface area contributed by atoms with E-state index >= 15 is 0 Å². The lowest BCUT2D eigenvalue weighted by Gasteiger charge is -2.16. The summed E-state index contributed by atoms with van der Waals surface area (Å²) in [6.45, 7) is 3.82. The van der Waals surface area contributed by atoms with Gasteiger partial charge in [0.2, 0.25) is 10.0 Å². The second kappa shape index (κ2) is 5.35. The summed E-state index contributed by atoms with van der Waals surface area (Å²) in [6, 6.07) is 3.42. The molecule has 0 radical (unpaired) electrons. The Morgan fingerprint density at radius 1 is 1.30 bits per heavy atom. The molecule has 0 heterocycles. The van der Waals surface area contributed by atoms with E-state index in [1.807, 2.05) is 0 Å². The van der Waals surface area contributed by atoms with Crippen molar-refractivity contribution >= 4 is 10.0 Å². The van der Waals surface area contributed by atoms with Crippen LogP contribution in [0.2, 0.25) is 0 Å². The highest BCUT2D eigenvalue weighted by Gasteiger charge is 2.42. The van der Waals surface area contributed by atoms with Crippen molar-refractivity contribution in [2.45, 2.75) is 31.6 Å². The Morgan fingerprint density at radius 2 is 1.85 bits per heavy atom. The molecule has 1 aromatic rings. The van der Waals surface area contributed by atoms with Gasteiger partial charge in [-0.1, -0.05) is 0 Å². The number of aryl methyl sites for hydroxylation is 2. The third kappa shape index (κ3) is 2.97. The van der Waals surface area contributed by atoms with E-state index in [1.54, 1.807) is 33.1 Å². The lowest BCUT2D eigenvalue weighted by molar-refractivity contribution is 0.213. The van der Waals surface area contributed by atoms with E-state index in [4.69, 9.17) is 4.74 Å². The summed E-state index contributed by atoms with van der Waals surface area (Å²) in [6.07, 6.45) is 1.74. The first-order valence-electron chi connectivity index (χ1n) is 6.59. The zero-order valence-electron chi connectivity index (χ0n) is 12.1. The quantitative estimate of drug-likeness (QED) is 0.831. The van der Waals surface area contributed by atoms with Gasteiger partial charge in [-0.25, -0.2) is 13.1 Å². The number of nitrogens with one attached hydrogen (secondary N) is 1. The third-order valence-corrected chi connectivity index (χ3v) is 5.57. The van der Waals surface area contributed by atoms with Gasteiger partial charge in [0.05, 0.1) is 12.0 Å². The fourth-order valence-electron chi connectivity index (χ4n) is 2.34. The molecule has 112 valence electrons. The van der Waals surface area contributed by atoms with E-state index in [0.717, 1.165) is 12.8 Å². The topological polar surface area (TPSA) is 75.6 Å². The fourth-order valence-corrected chi connectivity index (χ4v) is 3.95. The number of benzene rings is 1. The van der Waals surface area contributed by atoms with Gasteiger partial charge >= 0.3 is 0 Å². The van der Waals surface area contributed by atoms with Crippen LogP contribution in [-0.4, -0.2) is 33.8 Å². The molecule has 0 saturated heterocycles. The van der Waals surface area contributed by atoms with Gasteiger partial charge in [-0.2, -0.15) is 0 Å². The molecule has 5 nitrogen and oxygen atoms in total. The number of rotatable bonds is 6. The average Bonchev–Trinajstić information content (AvgIpc) is 3.16. The number of aliphatic hydroxyl groups is 1. The van der Waals surface area contributed by atoms with Crippen molar-refractivity contribution in [3.63, 3.8) is 0 Å². The van der Waals surface area contributed by atoms with Crippen LogP contribution in [0.5, 0.6) is 5.75 Å². The molecule has 0 aromatic heterocycles. The zero-order valence-corrected chi connectivity index (χ0v) is 12.9. The van der Waals surface area contributed by atoms with Gasteiger partial charge in [0.25, 0.3) is 0 Å². The zero-order chi connectivity index (χ0) is 15.0. The molecule has 1 aromatic carbocycles. The predicted molar refractivity (Wildman–Crippen MR) is 76.4 cm³/mol. The maximum absolute atomic E-state index is 12.4. The number of sulfonamides is 1. The highest BCUT2D eigenvalue weighted by atomic mass is 32.2. The van der Waals surface area contributed by atoms with Crippen LogP contribution in [0.4, 0.5) is 0 Å². The summed E-state index contributed by atoms with van der Waals surface area (Å²) in [5.74, 6) is 0.646. The molecule has 0 amide bonds. The van der Waals surface area contributed by atoms with Gasteiger partial charge < -0.3 is 9.84 Å². The minimum Gasteiger partial charge on any atom is -0.497 e. The Morgan fingerprint density at radius 3 is 2.25 bits per heavy atom. The predicted octanol–water partition coefficient (Wildman–Crippen LogP) is 1.36. The summed E-state index contributed by atoms with van der Waals surface area (Å²) in [5, 5.41) is 9.25. The minimum absolute atomic E-state index is 0.0239. The van der Waals surface area contributed by atoms with Crippen molar-refractivity contribution in [1.29, 1.82) is 0 Å². The molecular weight excluding hydrogens is 278 g/mol. The monoisotopic (exact) mass is 299 g/mol. The summed E-state index contributed by atoms with van der Waals surface area (Å²) in [4.78, 5) is 0.298. The van der Waals surface area contributed by atoms with E-state index in [9.17, 15) is 13.5 Å². The first-order valence-corrected chi connectivity index (χ1v) is 8.08. The van der Waals surface area contributed by atoms with E-state index in [0.29, 0.717) is 21.8 Å². The number of aliphatic hydroxyl groups excluding tert-OH is 1. The first-order chi connectivity index (χ1) is 9.33. The molecule has 1 saturated carbocycles. The van der Waals surface area contributed by atoms with Crippen molar-refractivity contribution < 1.29 is 18.3 Å². The second-order valence-corrected chi connectivity index (χ2v) is 7.28. The van der Waals surface area contributed by atoms with E-state index in [1.165, 1.54) is 0 Å². The Hall–Kier alpha value is -1.11. The Bertz CT molecular complexity index is 583. The molecular formula is C14H21NO4S. The summed E-state index contributed by atoms with van der Waals surface area (Å²) >= 11 is 0. The van der Waals surface area contributed by atoms with Gasteiger partial charge in [0, 0.05) is 18.6 Å². The number of ether oxygens (including phenoxy) is 1. The van der Waals surface area contributed by atoms with Crippen LogP contribution in [0.3, 0.4) is 0 Å². The molecule has 6 heteroatoms. The average molecular weight is 299 g/mol. The molecule has 1 fully saturated rings. The van der Waals surface area contributed by atoms with Crippen LogP contribution >= 0.6 is 0 Å². The van der Waals surface area contributed by atoms with Gasteiger partial charge in [0.1, 0.15) is 5.75 Å².